The number of benzene rings is 1. The van der Waals surface area contributed by atoms with Gasteiger partial charge in [0.05, 0.1) is 18.3 Å². The molecule has 2 aromatic heterocycles. The molecule has 1 aliphatic rings. The SMILES string of the molecule is CN(C)CC(=O)N1CCC(c2cn(-c3ccc(Cl)cc3)c3cnccc23)CC1. The van der Waals surface area contributed by atoms with Crippen molar-refractivity contribution >= 4 is 28.4 Å². The van der Waals surface area contributed by atoms with Gasteiger partial charge in [-0.1, -0.05) is 11.6 Å². The van der Waals surface area contributed by atoms with Crippen molar-refractivity contribution in [1.29, 1.82) is 0 Å². The first kappa shape index (κ1) is 19.0. The van der Waals surface area contributed by atoms with Gasteiger partial charge in [-0.2, -0.15) is 0 Å². The number of likely N-dealkylation sites (N-methyl/N-ethyl adjacent to an activating group) is 1. The Hall–Kier alpha value is -2.37. The van der Waals surface area contributed by atoms with E-state index in [9.17, 15) is 4.79 Å². The maximum atomic E-state index is 12.3. The van der Waals surface area contributed by atoms with Gasteiger partial charge in [0.25, 0.3) is 0 Å². The number of piperidine rings is 1. The molecule has 0 saturated carbocycles. The average Bonchev–Trinajstić information content (AvgIpc) is 3.08. The van der Waals surface area contributed by atoms with E-state index in [1.54, 1.807) is 0 Å². The van der Waals surface area contributed by atoms with Gasteiger partial charge in [-0.05, 0) is 68.8 Å². The van der Waals surface area contributed by atoms with E-state index in [1.165, 1.54) is 10.9 Å². The lowest BCUT2D eigenvalue weighted by molar-refractivity contribution is -0.132. The highest BCUT2D eigenvalue weighted by atomic mass is 35.5. The molecule has 0 unspecified atom stereocenters. The van der Waals surface area contributed by atoms with Crippen LogP contribution in [0.4, 0.5) is 0 Å². The van der Waals surface area contributed by atoms with Crippen molar-refractivity contribution in [3.05, 3.63) is 59.5 Å². The summed E-state index contributed by atoms with van der Waals surface area (Å²) in [6.45, 7) is 2.11. The molecule has 3 aromatic rings. The molecule has 1 fully saturated rings. The van der Waals surface area contributed by atoms with Crippen molar-refractivity contribution in [2.45, 2.75) is 18.8 Å². The van der Waals surface area contributed by atoms with Gasteiger partial charge < -0.3 is 14.4 Å². The zero-order valence-electron chi connectivity index (χ0n) is 16.3. The van der Waals surface area contributed by atoms with E-state index in [2.05, 4.69) is 21.8 Å². The number of likely N-dealkylation sites (tertiary alicyclic amines) is 1. The van der Waals surface area contributed by atoms with Crippen molar-refractivity contribution in [3.63, 3.8) is 0 Å². The molecule has 0 radical (unpaired) electrons. The Labute approximate surface area is 170 Å². The van der Waals surface area contributed by atoms with Crippen LogP contribution in [-0.2, 0) is 4.79 Å². The largest absolute Gasteiger partial charge is 0.342 e. The Morgan fingerprint density at radius 3 is 2.57 bits per heavy atom. The summed E-state index contributed by atoms with van der Waals surface area (Å²) >= 11 is 6.06. The fourth-order valence-corrected chi connectivity index (χ4v) is 4.18. The lowest BCUT2D eigenvalue weighted by Gasteiger charge is -2.32. The van der Waals surface area contributed by atoms with Gasteiger partial charge in [0.1, 0.15) is 0 Å². The topological polar surface area (TPSA) is 41.4 Å². The standard InChI is InChI=1S/C22H25ClN4O/c1-25(2)15-22(28)26-11-8-16(9-12-26)20-14-27(18-5-3-17(23)4-6-18)21-13-24-10-7-19(20)21/h3-7,10,13-14,16H,8-9,11-12,15H2,1-2H3. The third-order valence-corrected chi connectivity index (χ3v) is 5.73. The minimum Gasteiger partial charge on any atom is -0.342 e. The predicted octanol–water partition coefficient (Wildman–Crippen LogP) is 3.95. The summed E-state index contributed by atoms with van der Waals surface area (Å²) in [5.74, 6) is 0.665. The Bertz CT molecular complexity index is 972. The van der Waals surface area contributed by atoms with E-state index < -0.39 is 0 Å². The maximum Gasteiger partial charge on any atom is 0.236 e. The first-order valence-electron chi connectivity index (χ1n) is 9.66. The van der Waals surface area contributed by atoms with E-state index in [-0.39, 0.29) is 5.91 Å². The molecule has 1 aromatic carbocycles. The van der Waals surface area contributed by atoms with Gasteiger partial charge in [-0.3, -0.25) is 9.78 Å². The second kappa shape index (κ2) is 7.94. The molecule has 0 spiro atoms. The van der Waals surface area contributed by atoms with Gasteiger partial charge in [0.15, 0.2) is 0 Å². The molecule has 28 heavy (non-hydrogen) atoms. The lowest BCUT2D eigenvalue weighted by atomic mass is 9.89. The first-order valence-corrected chi connectivity index (χ1v) is 10.0. The summed E-state index contributed by atoms with van der Waals surface area (Å²) in [6, 6.07) is 9.98. The number of pyridine rings is 1. The van der Waals surface area contributed by atoms with Crippen LogP contribution in [0.1, 0.15) is 24.3 Å². The Morgan fingerprint density at radius 2 is 1.89 bits per heavy atom. The maximum absolute atomic E-state index is 12.3. The number of carbonyl (C=O) groups excluding carboxylic acids is 1. The molecule has 5 nitrogen and oxygen atoms in total. The van der Waals surface area contributed by atoms with Crippen molar-refractivity contribution in [3.8, 4) is 5.69 Å². The number of amides is 1. The smallest absolute Gasteiger partial charge is 0.236 e. The highest BCUT2D eigenvalue weighted by Gasteiger charge is 2.26. The molecule has 3 heterocycles. The normalized spacial score (nSPS) is 15.5. The number of rotatable bonds is 4. The predicted molar refractivity (Wildman–Crippen MR) is 113 cm³/mol. The van der Waals surface area contributed by atoms with Gasteiger partial charge >= 0.3 is 0 Å². The molecule has 4 rings (SSSR count). The number of fused-ring (bicyclic) bond motifs is 1. The van der Waals surface area contributed by atoms with Crippen LogP contribution in [0.5, 0.6) is 0 Å². The highest BCUT2D eigenvalue weighted by molar-refractivity contribution is 6.30. The molecular weight excluding hydrogens is 372 g/mol. The quantitative estimate of drug-likeness (QED) is 0.670. The number of halogens is 1. The van der Waals surface area contributed by atoms with E-state index in [1.807, 2.05) is 60.6 Å². The molecule has 1 aliphatic heterocycles. The van der Waals surface area contributed by atoms with Crippen LogP contribution in [0, 0.1) is 0 Å². The second-order valence-electron chi connectivity index (χ2n) is 7.72. The van der Waals surface area contributed by atoms with Gasteiger partial charge in [0, 0.05) is 41.6 Å². The average molecular weight is 397 g/mol. The molecule has 0 aliphatic carbocycles. The van der Waals surface area contributed by atoms with Crippen LogP contribution < -0.4 is 0 Å². The van der Waals surface area contributed by atoms with E-state index in [4.69, 9.17) is 11.6 Å². The van der Waals surface area contributed by atoms with E-state index in [0.29, 0.717) is 12.5 Å². The zero-order chi connectivity index (χ0) is 19.7. The zero-order valence-corrected chi connectivity index (χ0v) is 17.1. The highest BCUT2D eigenvalue weighted by Crippen LogP contribution is 2.35. The summed E-state index contributed by atoms with van der Waals surface area (Å²) in [6.07, 6.45) is 7.98. The van der Waals surface area contributed by atoms with Crippen LogP contribution in [0.2, 0.25) is 5.02 Å². The monoisotopic (exact) mass is 396 g/mol. The molecule has 1 amide bonds. The van der Waals surface area contributed by atoms with Crippen LogP contribution in [0.3, 0.4) is 0 Å². The number of nitrogens with zero attached hydrogens (tertiary/aromatic N) is 4. The molecule has 0 atom stereocenters. The molecule has 0 bridgehead atoms. The third kappa shape index (κ3) is 3.77. The van der Waals surface area contributed by atoms with Crippen molar-refractivity contribution in [1.82, 2.24) is 19.4 Å². The molecule has 0 N–H and O–H groups in total. The Morgan fingerprint density at radius 1 is 1.18 bits per heavy atom. The van der Waals surface area contributed by atoms with Crippen LogP contribution >= 0.6 is 11.6 Å². The molecule has 146 valence electrons. The number of aromatic nitrogens is 2. The summed E-state index contributed by atoms with van der Waals surface area (Å²) in [4.78, 5) is 20.6. The summed E-state index contributed by atoms with van der Waals surface area (Å²) in [7, 11) is 3.87. The van der Waals surface area contributed by atoms with Crippen molar-refractivity contribution in [2.75, 3.05) is 33.7 Å². The summed E-state index contributed by atoms with van der Waals surface area (Å²) in [5.41, 5.74) is 3.52. The Balaban J connectivity index is 1.60. The van der Waals surface area contributed by atoms with Crippen molar-refractivity contribution < 1.29 is 4.79 Å². The molecule has 6 heteroatoms. The Kier molecular flexibility index (Phi) is 5.38. The second-order valence-corrected chi connectivity index (χ2v) is 8.15. The van der Waals surface area contributed by atoms with E-state index in [0.717, 1.165) is 42.2 Å². The molecular formula is C22H25ClN4O. The summed E-state index contributed by atoms with van der Waals surface area (Å²) < 4.78 is 2.19. The fraction of sp³-hybridized carbons (Fsp3) is 0.364. The van der Waals surface area contributed by atoms with Crippen LogP contribution in [0.25, 0.3) is 16.6 Å². The number of carbonyl (C=O) groups is 1. The minimum absolute atomic E-state index is 0.219. The minimum atomic E-state index is 0.219. The summed E-state index contributed by atoms with van der Waals surface area (Å²) in [5, 5.41) is 1.97. The molecule has 1 saturated heterocycles. The van der Waals surface area contributed by atoms with Gasteiger partial charge in [-0.15, -0.1) is 0 Å². The number of hydrogen-bond acceptors (Lipinski definition) is 3. The fourth-order valence-electron chi connectivity index (χ4n) is 4.05. The lowest BCUT2D eigenvalue weighted by Crippen LogP contribution is -2.42. The van der Waals surface area contributed by atoms with Crippen molar-refractivity contribution in [2.24, 2.45) is 0 Å². The van der Waals surface area contributed by atoms with Crippen LogP contribution in [-0.4, -0.2) is 59.0 Å². The third-order valence-electron chi connectivity index (χ3n) is 5.48. The number of hydrogen-bond donors (Lipinski definition) is 0. The van der Waals surface area contributed by atoms with E-state index >= 15 is 0 Å². The van der Waals surface area contributed by atoms with Gasteiger partial charge in [0.2, 0.25) is 5.91 Å². The van der Waals surface area contributed by atoms with Crippen LogP contribution in [0.15, 0.2) is 48.9 Å². The van der Waals surface area contributed by atoms with Gasteiger partial charge in [-0.25, -0.2) is 0 Å². The first-order chi connectivity index (χ1) is 13.5.